The molecule has 1 saturated carbocycles. The molecule has 0 radical (unpaired) electrons. The van der Waals surface area contributed by atoms with Gasteiger partial charge in [-0.05, 0) is 25.0 Å². The molecular weight excluding hydrogens is 266 g/mol. The summed E-state index contributed by atoms with van der Waals surface area (Å²) in [6.07, 6.45) is 2.32. The molecule has 5 heteroatoms. The molecule has 0 saturated heterocycles. The zero-order valence-electron chi connectivity index (χ0n) is 11.5. The normalized spacial score (nSPS) is 16.0. The first-order chi connectivity index (χ1) is 10.1. The highest BCUT2D eigenvalue weighted by molar-refractivity contribution is 5.86. The summed E-state index contributed by atoms with van der Waals surface area (Å²) in [6.45, 7) is 0.346. The Labute approximate surface area is 122 Å². The van der Waals surface area contributed by atoms with Crippen molar-refractivity contribution in [3.05, 3.63) is 35.9 Å². The Balaban J connectivity index is 1.88. The van der Waals surface area contributed by atoms with Gasteiger partial charge in [0, 0.05) is 11.9 Å². The third kappa shape index (κ3) is 2.29. The van der Waals surface area contributed by atoms with Crippen LogP contribution in [-0.4, -0.2) is 22.6 Å². The topological polar surface area (TPSA) is 86.0 Å². The molecule has 2 N–H and O–H groups in total. The number of fused-ring (bicyclic) bond motifs is 1. The van der Waals surface area contributed by atoms with Crippen LogP contribution in [0.3, 0.4) is 0 Å². The van der Waals surface area contributed by atoms with Crippen LogP contribution >= 0.6 is 0 Å². The van der Waals surface area contributed by atoms with Crippen LogP contribution in [0.15, 0.2) is 30.3 Å². The van der Waals surface area contributed by atoms with E-state index < -0.39 is 11.4 Å². The van der Waals surface area contributed by atoms with Gasteiger partial charge in [0.05, 0.1) is 22.6 Å². The van der Waals surface area contributed by atoms with Crippen LogP contribution in [0.1, 0.15) is 24.8 Å². The summed E-state index contributed by atoms with van der Waals surface area (Å²) in [5, 5.41) is 22.5. The van der Waals surface area contributed by atoms with E-state index in [1.165, 1.54) is 0 Å². The molecule has 2 aromatic rings. The van der Waals surface area contributed by atoms with E-state index in [0.29, 0.717) is 30.8 Å². The third-order valence-corrected chi connectivity index (χ3v) is 4.21. The zero-order valence-corrected chi connectivity index (χ0v) is 11.5. The van der Waals surface area contributed by atoms with Crippen LogP contribution in [0.25, 0.3) is 10.9 Å². The van der Waals surface area contributed by atoms with Gasteiger partial charge in [0.1, 0.15) is 5.82 Å². The lowest BCUT2D eigenvalue weighted by molar-refractivity contribution is -0.153. The average molecular weight is 281 g/mol. The maximum absolute atomic E-state index is 11.3. The van der Waals surface area contributed by atoms with Crippen molar-refractivity contribution in [1.29, 1.82) is 5.26 Å². The summed E-state index contributed by atoms with van der Waals surface area (Å²) in [5.41, 5.74) is 0.596. The van der Waals surface area contributed by atoms with Crippen molar-refractivity contribution >= 4 is 22.7 Å². The van der Waals surface area contributed by atoms with Gasteiger partial charge in [-0.1, -0.05) is 24.6 Å². The molecule has 0 bridgehead atoms. The van der Waals surface area contributed by atoms with Gasteiger partial charge in [-0.2, -0.15) is 5.26 Å². The highest BCUT2D eigenvalue weighted by Crippen LogP contribution is 2.41. The fourth-order valence-electron chi connectivity index (χ4n) is 2.69. The van der Waals surface area contributed by atoms with E-state index in [1.807, 2.05) is 24.3 Å². The molecule has 0 aliphatic heterocycles. The lowest BCUT2D eigenvalue weighted by Gasteiger charge is -2.37. The Hall–Kier alpha value is -2.61. The molecule has 0 unspecified atom stereocenters. The van der Waals surface area contributed by atoms with E-state index in [1.54, 1.807) is 6.07 Å². The number of aromatic nitrogens is 1. The first-order valence-electron chi connectivity index (χ1n) is 6.92. The number of carbonyl (C=O) groups is 1. The van der Waals surface area contributed by atoms with Crippen molar-refractivity contribution in [2.24, 2.45) is 5.41 Å². The van der Waals surface area contributed by atoms with Gasteiger partial charge in [0.2, 0.25) is 0 Å². The van der Waals surface area contributed by atoms with Crippen LogP contribution in [0.5, 0.6) is 0 Å². The van der Waals surface area contributed by atoms with Gasteiger partial charge in [0.25, 0.3) is 0 Å². The Morgan fingerprint density at radius 1 is 1.43 bits per heavy atom. The number of carboxylic acids is 1. The van der Waals surface area contributed by atoms with Crippen molar-refractivity contribution in [3.8, 4) is 6.07 Å². The molecule has 1 fully saturated rings. The molecule has 21 heavy (non-hydrogen) atoms. The number of para-hydroxylation sites is 1. The summed E-state index contributed by atoms with van der Waals surface area (Å²) < 4.78 is 0. The minimum Gasteiger partial charge on any atom is -0.481 e. The second kappa shape index (κ2) is 5.06. The summed E-state index contributed by atoms with van der Waals surface area (Å²) in [4.78, 5) is 15.8. The number of nitrogens with zero attached hydrogens (tertiary/aromatic N) is 2. The Morgan fingerprint density at radius 2 is 2.19 bits per heavy atom. The number of rotatable bonds is 4. The first-order valence-corrected chi connectivity index (χ1v) is 6.92. The summed E-state index contributed by atoms with van der Waals surface area (Å²) in [5.74, 6) is -0.208. The van der Waals surface area contributed by atoms with Crippen LogP contribution in [0, 0.1) is 16.7 Å². The van der Waals surface area contributed by atoms with Crippen molar-refractivity contribution in [2.75, 3.05) is 11.9 Å². The molecule has 1 aliphatic carbocycles. The highest BCUT2D eigenvalue weighted by atomic mass is 16.4. The SMILES string of the molecule is N#Cc1cc(NCC2(C(=O)O)CCC2)nc2ccccc12. The second-order valence-corrected chi connectivity index (χ2v) is 5.48. The van der Waals surface area contributed by atoms with E-state index in [-0.39, 0.29) is 0 Å². The minimum atomic E-state index is -0.762. The fourth-order valence-corrected chi connectivity index (χ4v) is 2.69. The lowest BCUT2D eigenvalue weighted by Crippen LogP contribution is -2.43. The molecule has 1 heterocycles. The Bertz CT molecular complexity index is 745. The minimum absolute atomic E-state index is 0.346. The average Bonchev–Trinajstić information content (AvgIpc) is 2.44. The summed E-state index contributed by atoms with van der Waals surface area (Å²) in [7, 11) is 0. The molecule has 0 amide bonds. The van der Waals surface area contributed by atoms with Gasteiger partial charge in [0.15, 0.2) is 0 Å². The first kappa shape index (κ1) is 13.4. The lowest BCUT2D eigenvalue weighted by atomic mass is 9.69. The van der Waals surface area contributed by atoms with Gasteiger partial charge < -0.3 is 10.4 Å². The summed E-state index contributed by atoms with van der Waals surface area (Å²) >= 11 is 0. The Kier molecular flexibility index (Phi) is 3.22. The van der Waals surface area contributed by atoms with Crippen LogP contribution in [0.2, 0.25) is 0 Å². The number of anilines is 1. The smallest absolute Gasteiger partial charge is 0.311 e. The number of nitriles is 1. The number of hydrogen-bond donors (Lipinski definition) is 2. The molecule has 0 atom stereocenters. The van der Waals surface area contributed by atoms with Gasteiger partial charge in [-0.15, -0.1) is 0 Å². The molecule has 1 aliphatic rings. The fraction of sp³-hybridized carbons (Fsp3) is 0.312. The van der Waals surface area contributed by atoms with Crippen LogP contribution < -0.4 is 5.32 Å². The van der Waals surface area contributed by atoms with Crippen molar-refractivity contribution in [2.45, 2.75) is 19.3 Å². The second-order valence-electron chi connectivity index (χ2n) is 5.48. The van der Waals surface area contributed by atoms with Gasteiger partial charge >= 0.3 is 5.97 Å². The highest BCUT2D eigenvalue weighted by Gasteiger charge is 2.44. The molecule has 1 aromatic carbocycles. The molecule has 1 aromatic heterocycles. The number of carboxylic acid groups (broad SMARTS) is 1. The van der Waals surface area contributed by atoms with E-state index in [4.69, 9.17) is 0 Å². The molecule has 5 nitrogen and oxygen atoms in total. The quantitative estimate of drug-likeness (QED) is 0.900. The zero-order chi connectivity index (χ0) is 14.9. The maximum Gasteiger partial charge on any atom is 0.311 e. The monoisotopic (exact) mass is 281 g/mol. The Morgan fingerprint density at radius 3 is 2.81 bits per heavy atom. The molecule has 106 valence electrons. The van der Waals surface area contributed by atoms with Crippen molar-refractivity contribution in [3.63, 3.8) is 0 Å². The number of nitrogens with one attached hydrogen (secondary N) is 1. The predicted molar refractivity (Wildman–Crippen MR) is 78.9 cm³/mol. The van der Waals surface area contributed by atoms with Gasteiger partial charge in [-0.25, -0.2) is 4.98 Å². The third-order valence-electron chi connectivity index (χ3n) is 4.21. The van der Waals surface area contributed by atoms with E-state index >= 15 is 0 Å². The van der Waals surface area contributed by atoms with E-state index in [2.05, 4.69) is 16.4 Å². The molecule has 0 spiro atoms. The standard InChI is InChI=1S/C16H15N3O2/c17-9-11-8-14(19-13-5-2-1-4-12(11)13)18-10-16(15(20)21)6-3-7-16/h1-2,4-5,8H,3,6-7,10H2,(H,18,19)(H,20,21). The number of pyridine rings is 1. The van der Waals surface area contributed by atoms with Gasteiger partial charge in [-0.3, -0.25) is 4.79 Å². The van der Waals surface area contributed by atoms with Crippen molar-refractivity contribution in [1.82, 2.24) is 4.98 Å². The number of benzene rings is 1. The predicted octanol–water partition coefficient (Wildman–Crippen LogP) is 2.77. The number of hydrogen-bond acceptors (Lipinski definition) is 4. The molecular formula is C16H15N3O2. The summed E-state index contributed by atoms with van der Waals surface area (Å²) in [6, 6.07) is 11.3. The number of aliphatic carboxylic acids is 1. The molecule has 3 rings (SSSR count). The van der Waals surface area contributed by atoms with Crippen molar-refractivity contribution < 1.29 is 9.90 Å². The largest absolute Gasteiger partial charge is 0.481 e. The van der Waals surface area contributed by atoms with E-state index in [9.17, 15) is 15.2 Å². The van der Waals surface area contributed by atoms with Crippen LogP contribution in [0.4, 0.5) is 5.82 Å². The van der Waals surface area contributed by atoms with Crippen LogP contribution in [-0.2, 0) is 4.79 Å². The maximum atomic E-state index is 11.3. The van der Waals surface area contributed by atoms with E-state index in [0.717, 1.165) is 17.3 Å².